The first-order valence-electron chi connectivity index (χ1n) is 5.55. The Morgan fingerprint density at radius 3 is 2.68 bits per heavy atom. The van der Waals surface area contributed by atoms with E-state index >= 15 is 0 Å². The van der Waals surface area contributed by atoms with Crippen molar-refractivity contribution in [2.45, 2.75) is 0 Å². The molecule has 2 aromatic carbocycles. The van der Waals surface area contributed by atoms with E-state index in [0.717, 1.165) is 9.86 Å². The Morgan fingerprint density at radius 2 is 1.95 bits per heavy atom. The molecule has 0 fully saturated rings. The molecule has 0 atom stereocenters. The lowest BCUT2D eigenvalue weighted by atomic mass is 10.0. The van der Waals surface area contributed by atoms with E-state index in [1.54, 1.807) is 30.5 Å². The molecule has 1 heterocycles. The predicted octanol–water partition coefficient (Wildman–Crippen LogP) is 2.90. The van der Waals surface area contributed by atoms with Gasteiger partial charge in [0.25, 0.3) is 0 Å². The van der Waals surface area contributed by atoms with Crippen molar-refractivity contribution in [2.24, 2.45) is 0 Å². The highest BCUT2D eigenvalue weighted by atomic mass is 79.9. The SMILES string of the molecule is Nc1cc(-c2ccccc2F)c(Br)c2cn(N)nc12. The molecule has 0 unspecified atom stereocenters. The smallest absolute Gasteiger partial charge is 0.131 e. The van der Waals surface area contributed by atoms with Gasteiger partial charge in [0.2, 0.25) is 0 Å². The lowest BCUT2D eigenvalue weighted by Gasteiger charge is -2.08. The highest BCUT2D eigenvalue weighted by Gasteiger charge is 2.15. The quantitative estimate of drug-likeness (QED) is 0.535. The van der Waals surface area contributed by atoms with Gasteiger partial charge in [-0.05, 0) is 28.1 Å². The fourth-order valence-electron chi connectivity index (χ4n) is 2.07. The van der Waals surface area contributed by atoms with Crippen LogP contribution in [0.5, 0.6) is 0 Å². The largest absolute Gasteiger partial charge is 0.397 e. The molecule has 1 aromatic heterocycles. The molecule has 6 heteroatoms. The van der Waals surface area contributed by atoms with Crippen LogP contribution in [-0.2, 0) is 0 Å². The molecule has 0 saturated heterocycles. The highest BCUT2D eigenvalue weighted by Crippen LogP contribution is 2.38. The van der Waals surface area contributed by atoms with Gasteiger partial charge in [-0.3, -0.25) is 0 Å². The molecule has 4 nitrogen and oxygen atoms in total. The second kappa shape index (κ2) is 4.24. The number of nitrogen functional groups attached to an aromatic ring is 2. The normalized spacial score (nSPS) is 11.1. The third kappa shape index (κ3) is 1.84. The maximum atomic E-state index is 13.9. The number of fused-ring (bicyclic) bond motifs is 1. The van der Waals surface area contributed by atoms with Gasteiger partial charge in [0, 0.05) is 21.0 Å². The van der Waals surface area contributed by atoms with E-state index in [4.69, 9.17) is 11.6 Å². The van der Waals surface area contributed by atoms with Crippen molar-refractivity contribution >= 4 is 32.5 Å². The standard InChI is InChI=1S/C13H10BrFN4/c14-12-8(7-3-1-2-4-10(7)15)5-11(16)13-9(12)6-19(17)18-13/h1-6H,16-17H2. The lowest BCUT2D eigenvalue weighted by Crippen LogP contribution is -2.07. The predicted molar refractivity (Wildman–Crippen MR) is 77.4 cm³/mol. The second-order valence-corrected chi connectivity index (χ2v) is 4.97. The Balaban J connectivity index is 2.37. The van der Waals surface area contributed by atoms with Crippen LogP contribution in [0.25, 0.3) is 22.0 Å². The molecule has 0 saturated carbocycles. The minimum absolute atomic E-state index is 0.304. The van der Waals surface area contributed by atoms with Crippen LogP contribution in [0, 0.1) is 5.82 Å². The average Bonchev–Trinajstić information content (AvgIpc) is 2.78. The Morgan fingerprint density at radius 1 is 1.21 bits per heavy atom. The van der Waals surface area contributed by atoms with Gasteiger partial charge >= 0.3 is 0 Å². The number of rotatable bonds is 1. The minimum atomic E-state index is -0.304. The van der Waals surface area contributed by atoms with Gasteiger partial charge < -0.3 is 11.6 Å². The van der Waals surface area contributed by atoms with Crippen molar-refractivity contribution in [1.29, 1.82) is 0 Å². The van der Waals surface area contributed by atoms with Crippen LogP contribution in [0.4, 0.5) is 10.1 Å². The van der Waals surface area contributed by atoms with Gasteiger partial charge in [0.05, 0.1) is 11.9 Å². The summed E-state index contributed by atoms with van der Waals surface area (Å²) in [5.74, 6) is 5.30. The molecule has 4 N–H and O–H groups in total. The van der Waals surface area contributed by atoms with Crippen LogP contribution in [0.15, 0.2) is 41.0 Å². The zero-order valence-electron chi connectivity index (χ0n) is 9.77. The molecule has 0 bridgehead atoms. The number of aromatic nitrogens is 2. The second-order valence-electron chi connectivity index (χ2n) is 4.18. The van der Waals surface area contributed by atoms with Crippen molar-refractivity contribution < 1.29 is 4.39 Å². The van der Waals surface area contributed by atoms with Crippen LogP contribution in [0.1, 0.15) is 0 Å². The summed E-state index contributed by atoms with van der Waals surface area (Å²) in [6.07, 6.45) is 1.64. The minimum Gasteiger partial charge on any atom is -0.397 e. The summed E-state index contributed by atoms with van der Waals surface area (Å²) >= 11 is 3.47. The Bertz CT molecular complexity index is 782. The third-order valence-corrected chi connectivity index (χ3v) is 3.80. The molecule has 96 valence electrons. The van der Waals surface area contributed by atoms with Crippen molar-refractivity contribution in [3.05, 3.63) is 46.8 Å². The summed E-state index contributed by atoms with van der Waals surface area (Å²) in [6, 6.07) is 8.23. The van der Waals surface area contributed by atoms with Crippen LogP contribution in [0.3, 0.4) is 0 Å². The van der Waals surface area contributed by atoms with Gasteiger partial charge in [-0.2, -0.15) is 9.89 Å². The fraction of sp³-hybridized carbons (Fsp3) is 0. The number of nitrogens with zero attached hydrogens (tertiary/aromatic N) is 2. The number of anilines is 1. The number of nitrogens with two attached hydrogens (primary N) is 2. The summed E-state index contributed by atoms with van der Waals surface area (Å²) < 4.78 is 14.6. The van der Waals surface area contributed by atoms with Crippen LogP contribution in [0.2, 0.25) is 0 Å². The Hall–Kier alpha value is -2.08. The third-order valence-electron chi connectivity index (χ3n) is 2.94. The van der Waals surface area contributed by atoms with E-state index in [0.29, 0.717) is 22.3 Å². The highest BCUT2D eigenvalue weighted by molar-refractivity contribution is 9.10. The Kier molecular flexibility index (Phi) is 2.67. The van der Waals surface area contributed by atoms with Crippen molar-refractivity contribution in [1.82, 2.24) is 9.89 Å². The number of benzene rings is 2. The fourth-order valence-corrected chi connectivity index (χ4v) is 2.69. The van der Waals surface area contributed by atoms with E-state index in [-0.39, 0.29) is 5.82 Å². The van der Waals surface area contributed by atoms with E-state index in [2.05, 4.69) is 21.0 Å². The molecule has 0 amide bonds. The zero-order chi connectivity index (χ0) is 13.6. The summed E-state index contributed by atoms with van der Waals surface area (Å²) in [5.41, 5.74) is 8.16. The Labute approximate surface area is 116 Å². The first-order chi connectivity index (χ1) is 9.08. The summed E-state index contributed by atoms with van der Waals surface area (Å²) in [4.78, 5) is 1.19. The monoisotopic (exact) mass is 320 g/mol. The van der Waals surface area contributed by atoms with E-state index in [1.807, 2.05) is 0 Å². The van der Waals surface area contributed by atoms with Gasteiger partial charge in [-0.1, -0.05) is 18.2 Å². The van der Waals surface area contributed by atoms with Gasteiger partial charge in [-0.25, -0.2) is 4.39 Å². The van der Waals surface area contributed by atoms with Crippen molar-refractivity contribution in [3.8, 4) is 11.1 Å². The molecule has 0 aliphatic carbocycles. The lowest BCUT2D eigenvalue weighted by molar-refractivity contribution is 0.631. The first-order valence-corrected chi connectivity index (χ1v) is 6.34. The van der Waals surface area contributed by atoms with E-state index < -0.39 is 0 Å². The van der Waals surface area contributed by atoms with Gasteiger partial charge in [-0.15, -0.1) is 0 Å². The average molecular weight is 321 g/mol. The molecule has 0 aliphatic heterocycles. The van der Waals surface area contributed by atoms with Crippen molar-refractivity contribution in [2.75, 3.05) is 11.6 Å². The molecule has 3 rings (SSSR count). The van der Waals surface area contributed by atoms with E-state index in [9.17, 15) is 4.39 Å². The maximum Gasteiger partial charge on any atom is 0.131 e. The molecule has 19 heavy (non-hydrogen) atoms. The maximum absolute atomic E-state index is 13.9. The van der Waals surface area contributed by atoms with Crippen LogP contribution in [-0.4, -0.2) is 9.89 Å². The summed E-state index contributed by atoms with van der Waals surface area (Å²) in [5, 5.41) is 4.83. The molecular formula is C13H10BrFN4. The van der Waals surface area contributed by atoms with Gasteiger partial charge in [0.1, 0.15) is 11.3 Å². The summed E-state index contributed by atoms with van der Waals surface area (Å²) in [7, 11) is 0. The molecule has 3 aromatic rings. The number of hydrogen-bond donors (Lipinski definition) is 2. The molecule has 0 aliphatic rings. The summed E-state index contributed by atoms with van der Waals surface area (Å²) in [6.45, 7) is 0. The van der Waals surface area contributed by atoms with E-state index in [1.165, 1.54) is 10.9 Å². The number of hydrogen-bond acceptors (Lipinski definition) is 3. The van der Waals surface area contributed by atoms with Crippen LogP contribution < -0.4 is 11.6 Å². The van der Waals surface area contributed by atoms with Gasteiger partial charge in [0.15, 0.2) is 0 Å². The molecule has 0 spiro atoms. The van der Waals surface area contributed by atoms with Crippen LogP contribution >= 0.6 is 15.9 Å². The van der Waals surface area contributed by atoms with Crippen molar-refractivity contribution in [3.63, 3.8) is 0 Å². The first kappa shape index (κ1) is 12.0. The zero-order valence-corrected chi connectivity index (χ0v) is 11.4. The molecular weight excluding hydrogens is 311 g/mol. The number of halogens is 2. The molecule has 0 radical (unpaired) electrons. The topological polar surface area (TPSA) is 69.9 Å².